The summed E-state index contributed by atoms with van der Waals surface area (Å²) in [6, 6.07) is 9.58. The third-order valence-electron chi connectivity index (χ3n) is 8.78. The molecule has 0 atom stereocenters. The van der Waals surface area contributed by atoms with Crippen LogP contribution in [0, 0.1) is 35.0 Å². The summed E-state index contributed by atoms with van der Waals surface area (Å²) in [7, 11) is 0. The van der Waals surface area contributed by atoms with Gasteiger partial charge < -0.3 is 0 Å². The van der Waals surface area contributed by atoms with Gasteiger partial charge in [0.2, 0.25) is 0 Å². The van der Waals surface area contributed by atoms with Gasteiger partial charge in [-0.15, -0.1) is 46.4 Å². The van der Waals surface area contributed by atoms with Crippen LogP contribution in [0.15, 0.2) is 18.2 Å². The maximum absolute atomic E-state index is 10.3. The molecule has 1 aliphatic carbocycles. The van der Waals surface area contributed by atoms with Crippen LogP contribution in [0.1, 0.15) is 134 Å². The molecule has 0 saturated carbocycles. The van der Waals surface area contributed by atoms with E-state index in [1.807, 2.05) is 36.5 Å². The molecule has 0 fully saturated rings. The van der Waals surface area contributed by atoms with E-state index in [0.29, 0.717) is 5.56 Å². The lowest BCUT2D eigenvalue weighted by Gasteiger charge is -2.32. The van der Waals surface area contributed by atoms with E-state index in [4.69, 9.17) is 8.75 Å². The predicted octanol–water partition coefficient (Wildman–Crippen LogP) is 11.4. The van der Waals surface area contributed by atoms with E-state index in [9.17, 15) is 5.26 Å². The van der Waals surface area contributed by atoms with Gasteiger partial charge in [-0.1, -0.05) is 54.4 Å². The van der Waals surface area contributed by atoms with Crippen molar-refractivity contribution in [2.75, 3.05) is 0 Å². The molecule has 0 amide bonds. The van der Waals surface area contributed by atoms with Crippen molar-refractivity contribution in [2.24, 2.45) is 0 Å². The fraction of sp³-hybridized carbons (Fsp3) is 0.500. The predicted molar refractivity (Wildman–Crippen MR) is 191 cm³/mol. The van der Waals surface area contributed by atoms with Crippen molar-refractivity contribution in [3.63, 3.8) is 0 Å². The van der Waals surface area contributed by atoms with Gasteiger partial charge in [-0.25, -0.2) is 0 Å². The van der Waals surface area contributed by atoms with Crippen molar-refractivity contribution >= 4 is 45.4 Å². The highest BCUT2D eigenvalue weighted by Crippen LogP contribution is 2.61. The number of hydrogen-bond acceptors (Lipinski definition) is 6. The first-order chi connectivity index (χ1) is 21.0. The van der Waals surface area contributed by atoms with E-state index in [-0.39, 0.29) is 16.2 Å². The topological polar surface area (TPSA) is 49.6 Å². The van der Waals surface area contributed by atoms with Gasteiger partial charge in [0.15, 0.2) is 0 Å². The lowest BCUT2D eigenvalue weighted by Crippen LogP contribution is -2.25. The van der Waals surface area contributed by atoms with Crippen LogP contribution in [0.4, 0.5) is 0 Å². The van der Waals surface area contributed by atoms with Crippen LogP contribution in [0.2, 0.25) is 0 Å². The summed E-state index contributed by atoms with van der Waals surface area (Å²) in [5.74, 6) is 12.7. The minimum absolute atomic E-state index is 0.0262. The third-order valence-corrected chi connectivity index (χ3v) is 12.2. The summed E-state index contributed by atoms with van der Waals surface area (Å²) in [6.07, 6.45) is 8.68. The minimum atomic E-state index is -0.205. The lowest BCUT2D eigenvalue weighted by atomic mass is 9.71. The molecular formula is C38H43N3S3. The number of thiophene rings is 2. The Labute approximate surface area is 276 Å². The monoisotopic (exact) mass is 637 g/mol. The fourth-order valence-electron chi connectivity index (χ4n) is 6.65. The van der Waals surface area contributed by atoms with Crippen molar-refractivity contribution < 1.29 is 0 Å². The van der Waals surface area contributed by atoms with E-state index in [1.54, 1.807) is 0 Å². The molecule has 1 aliphatic rings. The number of nitrogens with zero attached hydrogens (tertiary/aromatic N) is 3. The van der Waals surface area contributed by atoms with Gasteiger partial charge in [0.1, 0.15) is 11.0 Å². The van der Waals surface area contributed by atoms with Crippen LogP contribution in [0.3, 0.4) is 0 Å². The van der Waals surface area contributed by atoms with Crippen molar-refractivity contribution in [2.45, 2.75) is 123 Å². The average molecular weight is 638 g/mol. The zero-order valence-electron chi connectivity index (χ0n) is 27.5. The molecule has 44 heavy (non-hydrogen) atoms. The van der Waals surface area contributed by atoms with E-state index in [0.717, 1.165) is 73.5 Å². The number of hydrogen-bond donors (Lipinski definition) is 0. The van der Waals surface area contributed by atoms with Crippen LogP contribution in [0.5, 0.6) is 0 Å². The molecule has 0 unspecified atom stereocenters. The van der Waals surface area contributed by atoms with Crippen LogP contribution in [-0.2, 0) is 16.2 Å². The highest BCUT2D eigenvalue weighted by Gasteiger charge is 2.46. The second-order valence-electron chi connectivity index (χ2n) is 14.0. The number of benzene rings is 1. The number of unbranched alkanes of at least 4 members (excludes halogenated alkanes) is 4. The first-order valence-corrected chi connectivity index (χ1v) is 18.1. The van der Waals surface area contributed by atoms with Gasteiger partial charge in [-0.05, 0) is 79.7 Å². The van der Waals surface area contributed by atoms with Crippen molar-refractivity contribution in [1.29, 1.82) is 5.26 Å². The maximum atomic E-state index is 10.3. The Morgan fingerprint density at radius 3 is 1.91 bits per heavy atom. The Kier molecular flexibility index (Phi) is 9.44. The molecule has 1 aromatic carbocycles. The van der Waals surface area contributed by atoms with Gasteiger partial charge in [0.05, 0.1) is 23.4 Å². The summed E-state index contributed by atoms with van der Waals surface area (Å²) in [5.41, 5.74) is 7.39. The molecule has 3 heterocycles. The molecule has 3 nitrogen and oxygen atoms in total. The highest BCUT2D eigenvalue weighted by molar-refractivity contribution is 7.24. The van der Waals surface area contributed by atoms with Gasteiger partial charge in [-0.2, -0.15) is 14.0 Å². The van der Waals surface area contributed by atoms with E-state index in [1.165, 1.54) is 42.4 Å². The molecule has 0 radical (unpaired) electrons. The van der Waals surface area contributed by atoms with Crippen LogP contribution >= 0.6 is 34.4 Å². The zero-order valence-corrected chi connectivity index (χ0v) is 29.9. The van der Waals surface area contributed by atoms with Gasteiger partial charge in [0.25, 0.3) is 0 Å². The normalized spacial score (nSPS) is 13.5. The summed E-state index contributed by atoms with van der Waals surface area (Å²) in [6.45, 7) is 17.3. The van der Waals surface area contributed by atoms with Gasteiger partial charge in [-0.3, -0.25) is 0 Å². The SMILES string of the molecule is CC#CCCCCC1(CCCCC#CC)c2cc(-c3cc(C#N)c(C(C)(C)C)c4nsnc34)sc2-c2sc(C(C)(C)C)cc21. The Bertz CT molecular complexity index is 1810. The second-order valence-corrected chi connectivity index (χ2v) is 16.6. The maximum Gasteiger partial charge on any atom is 0.113 e. The molecule has 0 bridgehead atoms. The average Bonchev–Trinajstić information content (AvgIpc) is 3.74. The summed E-state index contributed by atoms with van der Waals surface area (Å²) in [5, 5.41) is 10.3. The quantitative estimate of drug-likeness (QED) is 0.135. The van der Waals surface area contributed by atoms with Crippen LogP contribution < -0.4 is 0 Å². The second kappa shape index (κ2) is 12.8. The Morgan fingerprint density at radius 1 is 0.750 bits per heavy atom. The largest absolute Gasteiger partial charge is 0.192 e. The Hall–Kier alpha value is -2.95. The van der Waals surface area contributed by atoms with E-state index < -0.39 is 0 Å². The Balaban J connectivity index is 1.69. The number of nitriles is 1. The molecular weight excluding hydrogens is 595 g/mol. The number of fused-ring (bicyclic) bond motifs is 4. The lowest BCUT2D eigenvalue weighted by molar-refractivity contribution is 0.410. The molecule has 0 spiro atoms. The minimum Gasteiger partial charge on any atom is -0.192 e. The molecule has 3 aromatic heterocycles. The van der Waals surface area contributed by atoms with Crippen molar-refractivity contribution in [3.05, 3.63) is 45.3 Å². The molecule has 0 aliphatic heterocycles. The third kappa shape index (κ3) is 6.00. The first-order valence-electron chi connectivity index (χ1n) is 15.7. The number of aromatic nitrogens is 2. The van der Waals surface area contributed by atoms with Crippen molar-refractivity contribution in [1.82, 2.24) is 8.75 Å². The van der Waals surface area contributed by atoms with Crippen LogP contribution in [0.25, 0.3) is 31.2 Å². The van der Waals surface area contributed by atoms with Gasteiger partial charge in [0, 0.05) is 48.9 Å². The molecule has 0 saturated heterocycles. The van der Waals surface area contributed by atoms with Crippen molar-refractivity contribution in [3.8, 4) is 49.9 Å². The molecule has 228 valence electrons. The number of rotatable bonds is 9. The summed E-state index contributed by atoms with van der Waals surface area (Å²) >= 11 is 5.11. The zero-order chi connectivity index (χ0) is 31.7. The molecule has 0 N–H and O–H groups in total. The Morgan fingerprint density at radius 2 is 1.34 bits per heavy atom. The first kappa shape index (κ1) is 32.4. The fourth-order valence-corrected chi connectivity index (χ4v) is 9.96. The molecule has 6 heteroatoms. The smallest absolute Gasteiger partial charge is 0.113 e. The van der Waals surface area contributed by atoms with E-state index >= 15 is 0 Å². The van der Waals surface area contributed by atoms with Gasteiger partial charge >= 0.3 is 0 Å². The van der Waals surface area contributed by atoms with E-state index in [2.05, 4.69) is 89.5 Å². The molecule has 5 rings (SSSR count). The summed E-state index contributed by atoms with van der Waals surface area (Å²) in [4.78, 5) is 5.50. The van der Waals surface area contributed by atoms with Crippen LogP contribution in [-0.4, -0.2) is 8.75 Å². The molecule has 4 aromatic rings. The highest BCUT2D eigenvalue weighted by atomic mass is 32.1. The summed E-state index contributed by atoms with van der Waals surface area (Å²) < 4.78 is 9.54. The standard InChI is InChI=1S/C38H43N3S3/c1-9-11-13-15-17-19-38(20-18-16-14-12-10-2)27-22-29(42-34(27)35-28(38)23-30(43-35)36(3,4)5)26-21-25(24-39)31(37(6,7)8)33-32(26)40-44-41-33/h21-23H,13-20H2,1-8H3.